The number of hydrogen-bond acceptors (Lipinski definition) is 4. The Morgan fingerprint density at radius 3 is 2.32 bits per heavy atom. The van der Waals surface area contributed by atoms with E-state index in [0.29, 0.717) is 31.7 Å². The predicted molar refractivity (Wildman–Crippen MR) is 91.9 cm³/mol. The van der Waals surface area contributed by atoms with Gasteiger partial charge in [-0.15, -0.1) is 0 Å². The number of likely N-dealkylation sites (tertiary alicyclic amines) is 2. The average Bonchev–Trinajstić information content (AvgIpc) is 3.16. The van der Waals surface area contributed by atoms with Crippen molar-refractivity contribution in [3.05, 3.63) is 23.9 Å². The number of aromatic nitrogens is 1. The van der Waals surface area contributed by atoms with Gasteiger partial charge in [0.2, 0.25) is 5.91 Å². The van der Waals surface area contributed by atoms with E-state index in [1.165, 1.54) is 6.07 Å². The summed E-state index contributed by atoms with van der Waals surface area (Å²) in [7, 11) is 0. The molecule has 2 aliphatic rings. The van der Waals surface area contributed by atoms with E-state index in [9.17, 15) is 14.4 Å². The van der Waals surface area contributed by atoms with E-state index in [1.54, 1.807) is 12.1 Å². The molecule has 1 aromatic rings. The monoisotopic (exact) mass is 345 g/mol. The molecule has 0 aromatic carbocycles. The molecule has 25 heavy (non-hydrogen) atoms. The molecule has 0 aliphatic carbocycles. The molecule has 3 N–H and O–H groups in total. The van der Waals surface area contributed by atoms with E-state index >= 15 is 0 Å². The SMILES string of the molecule is NC(=O)c1cccc(NC(=O)C2CCN(C(=O)N3CCCC3)CC2)n1. The van der Waals surface area contributed by atoms with Crippen molar-refractivity contribution in [1.82, 2.24) is 14.8 Å². The first-order valence-electron chi connectivity index (χ1n) is 8.66. The number of anilines is 1. The van der Waals surface area contributed by atoms with E-state index in [0.717, 1.165) is 25.9 Å². The number of amides is 4. The Morgan fingerprint density at radius 1 is 1.04 bits per heavy atom. The maximum absolute atomic E-state index is 12.4. The van der Waals surface area contributed by atoms with Gasteiger partial charge in [0.1, 0.15) is 11.5 Å². The summed E-state index contributed by atoms with van der Waals surface area (Å²) in [5.41, 5.74) is 5.31. The smallest absolute Gasteiger partial charge is 0.319 e. The van der Waals surface area contributed by atoms with E-state index < -0.39 is 5.91 Å². The first-order valence-corrected chi connectivity index (χ1v) is 8.66. The van der Waals surface area contributed by atoms with Gasteiger partial charge in [0.25, 0.3) is 5.91 Å². The molecule has 2 fully saturated rings. The summed E-state index contributed by atoms with van der Waals surface area (Å²) in [5, 5.41) is 2.73. The van der Waals surface area contributed by atoms with Gasteiger partial charge in [-0.2, -0.15) is 0 Å². The largest absolute Gasteiger partial charge is 0.364 e. The summed E-state index contributed by atoms with van der Waals surface area (Å²) in [6, 6.07) is 4.84. The molecule has 134 valence electrons. The van der Waals surface area contributed by atoms with Gasteiger partial charge in [0.05, 0.1) is 0 Å². The molecule has 0 bridgehead atoms. The van der Waals surface area contributed by atoms with Crippen LogP contribution in [0.2, 0.25) is 0 Å². The van der Waals surface area contributed by atoms with Crippen molar-refractivity contribution in [3.63, 3.8) is 0 Å². The van der Waals surface area contributed by atoms with Crippen molar-refractivity contribution in [2.45, 2.75) is 25.7 Å². The highest BCUT2D eigenvalue weighted by molar-refractivity contribution is 5.94. The molecule has 4 amide bonds. The van der Waals surface area contributed by atoms with Crippen LogP contribution in [0.25, 0.3) is 0 Å². The molecular formula is C17H23N5O3. The van der Waals surface area contributed by atoms with Gasteiger partial charge < -0.3 is 20.9 Å². The van der Waals surface area contributed by atoms with Crippen molar-refractivity contribution >= 4 is 23.7 Å². The topological polar surface area (TPSA) is 109 Å². The van der Waals surface area contributed by atoms with Gasteiger partial charge in [-0.25, -0.2) is 9.78 Å². The maximum atomic E-state index is 12.4. The molecule has 8 nitrogen and oxygen atoms in total. The van der Waals surface area contributed by atoms with Crippen LogP contribution in [-0.2, 0) is 4.79 Å². The first kappa shape index (κ1) is 17.2. The van der Waals surface area contributed by atoms with Gasteiger partial charge in [-0.1, -0.05) is 6.07 Å². The van der Waals surface area contributed by atoms with Crippen LogP contribution in [0.4, 0.5) is 10.6 Å². The highest BCUT2D eigenvalue weighted by Crippen LogP contribution is 2.21. The Labute approximate surface area is 146 Å². The third-order valence-electron chi connectivity index (χ3n) is 4.77. The van der Waals surface area contributed by atoms with Crippen LogP contribution in [0.5, 0.6) is 0 Å². The van der Waals surface area contributed by atoms with E-state index in [4.69, 9.17) is 5.73 Å². The van der Waals surface area contributed by atoms with Crippen LogP contribution in [0, 0.1) is 5.92 Å². The van der Waals surface area contributed by atoms with Crippen molar-refractivity contribution in [2.24, 2.45) is 11.7 Å². The van der Waals surface area contributed by atoms with Crippen LogP contribution in [0.1, 0.15) is 36.2 Å². The molecule has 0 unspecified atom stereocenters. The van der Waals surface area contributed by atoms with Crippen LogP contribution in [0.15, 0.2) is 18.2 Å². The minimum atomic E-state index is -0.634. The van der Waals surface area contributed by atoms with Gasteiger partial charge in [0, 0.05) is 32.1 Å². The quantitative estimate of drug-likeness (QED) is 0.853. The normalized spacial score (nSPS) is 18.2. The molecule has 3 rings (SSSR count). The van der Waals surface area contributed by atoms with Crippen molar-refractivity contribution in [1.29, 1.82) is 0 Å². The van der Waals surface area contributed by atoms with E-state index in [1.807, 2.05) is 9.80 Å². The summed E-state index contributed by atoms with van der Waals surface area (Å²) in [4.78, 5) is 43.7. The van der Waals surface area contributed by atoms with Crippen molar-refractivity contribution < 1.29 is 14.4 Å². The van der Waals surface area contributed by atoms with Crippen LogP contribution in [0.3, 0.4) is 0 Å². The van der Waals surface area contributed by atoms with E-state index in [2.05, 4.69) is 10.3 Å². The number of rotatable bonds is 3. The third-order valence-corrected chi connectivity index (χ3v) is 4.77. The van der Waals surface area contributed by atoms with Gasteiger partial charge in [0.15, 0.2) is 0 Å². The molecule has 0 saturated carbocycles. The summed E-state index contributed by atoms with van der Waals surface area (Å²) in [6.45, 7) is 2.84. The number of nitrogens with zero attached hydrogens (tertiary/aromatic N) is 3. The maximum Gasteiger partial charge on any atom is 0.319 e. The number of carbonyl (C=O) groups excluding carboxylic acids is 3. The van der Waals surface area contributed by atoms with Crippen molar-refractivity contribution in [3.8, 4) is 0 Å². The summed E-state index contributed by atoms with van der Waals surface area (Å²) in [5.74, 6) is -0.620. The molecule has 2 saturated heterocycles. The second kappa shape index (κ2) is 7.50. The number of carbonyl (C=O) groups is 3. The molecule has 2 aliphatic heterocycles. The third kappa shape index (κ3) is 4.07. The zero-order valence-corrected chi connectivity index (χ0v) is 14.1. The highest BCUT2D eigenvalue weighted by Gasteiger charge is 2.30. The zero-order chi connectivity index (χ0) is 17.8. The number of hydrogen-bond donors (Lipinski definition) is 2. The fourth-order valence-corrected chi connectivity index (χ4v) is 3.31. The number of nitrogens with one attached hydrogen (secondary N) is 1. The van der Waals surface area contributed by atoms with Crippen LogP contribution >= 0.6 is 0 Å². The zero-order valence-electron chi connectivity index (χ0n) is 14.1. The minimum Gasteiger partial charge on any atom is -0.364 e. The highest BCUT2D eigenvalue weighted by atomic mass is 16.2. The standard InChI is InChI=1S/C17H23N5O3/c18-15(23)13-4-3-5-14(19-13)20-16(24)12-6-10-22(11-7-12)17(25)21-8-1-2-9-21/h3-5,12H,1-2,6-11H2,(H2,18,23)(H,19,20,24). The number of pyridine rings is 1. The Kier molecular flexibility index (Phi) is 5.16. The Morgan fingerprint density at radius 2 is 1.68 bits per heavy atom. The molecule has 3 heterocycles. The van der Waals surface area contributed by atoms with Gasteiger partial charge >= 0.3 is 6.03 Å². The molecule has 1 aromatic heterocycles. The lowest BCUT2D eigenvalue weighted by atomic mass is 9.96. The number of nitrogens with two attached hydrogens (primary N) is 1. The lowest BCUT2D eigenvalue weighted by molar-refractivity contribution is -0.121. The Balaban J connectivity index is 1.52. The molecular weight excluding hydrogens is 322 g/mol. The summed E-state index contributed by atoms with van der Waals surface area (Å²) in [6.07, 6.45) is 3.39. The number of primary amides is 1. The van der Waals surface area contributed by atoms with Crippen LogP contribution in [-0.4, -0.2) is 58.8 Å². The molecule has 8 heteroatoms. The predicted octanol–water partition coefficient (Wildman–Crippen LogP) is 1.05. The molecule has 0 radical (unpaired) electrons. The molecule has 0 spiro atoms. The Bertz CT molecular complexity index is 664. The number of urea groups is 1. The molecule has 0 atom stereocenters. The van der Waals surface area contributed by atoms with Gasteiger partial charge in [-0.05, 0) is 37.8 Å². The number of piperidine rings is 1. The van der Waals surface area contributed by atoms with E-state index in [-0.39, 0.29) is 23.6 Å². The lowest BCUT2D eigenvalue weighted by Gasteiger charge is -2.33. The fourth-order valence-electron chi connectivity index (χ4n) is 3.31. The average molecular weight is 345 g/mol. The summed E-state index contributed by atoms with van der Waals surface area (Å²) >= 11 is 0. The van der Waals surface area contributed by atoms with Crippen molar-refractivity contribution in [2.75, 3.05) is 31.5 Å². The van der Waals surface area contributed by atoms with Gasteiger partial charge in [-0.3, -0.25) is 9.59 Å². The second-order valence-corrected chi connectivity index (χ2v) is 6.50. The Hall–Kier alpha value is -2.64. The first-order chi connectivity index (χ1) is 12.0. The minimum absolute atomic E-state index is 0.0900. The van der Waals surface area contributed by atoms with Crippen LogP contribution < -0.4 is 11.1 Å². The lowest BCUT2D eigenvalue weighted by Crippen LogP contribution is -2.47. The summed E-state index contributed by atoms with van der Waals surface area (Å²) < 4.78 is 0. The fraction of sp³-hybridized carbons (Fsp3) is 0.529. The second-order valence-electron chi connectivity index (χ2n) is 6.50.